The van der Waals surface area contributed by atoms with Crippen molar-refractivity contribution in [3.8, 4) is 11.5 Å². The Labute approximate surface area is 202 Å². The van der Waals surface area contributed by atoms with Crippen molar-refractivity contribution in [1.29, 1.82) is 0 Å². The van der Waals surface area contributed by atoms with E-state index >= 15 is 0 Å². The maximum atomic E-state index is 14.2. The molecule has 2 aliphatic rings. The maximum Gasteiger partial charge on any atom is 0.194 e. The van der Waals surface area contributed by atoms with E-state index in [4.69, 9.17) is 21.1 Å². The Morgan fingerprint density at radius 1 is 1.00 bits per heavy atom. The van der Waals surface area contributed by atoms with Gasteiger partial charge in [0, 0.05) is 18.1 Å². The Morgan fingerprint density at radius 3 is 2.27 bits per heavy atom. The summed E-state index contributed by atoms with van der Waals surface area (Å²) in [5, 5.41) is 3.39. The lowest BCUT2D eigenvalue weighted by molar-refractivity contribution is 0.159. The number of nitrogens with zero attached hydrogens (tertiary/aromatic N) is 1. The Morgan fingerprint density at radius 2 is 1.64 bits per heavy atom. The summed E-state index contributed by atoms with van der Waals surface area (Å²) in [7, 11) is -0.359. The summed E-state index contributed by atoms with van der Waals surface area (Å²) in [6.07, 6.45) is 2.45. The van der Waals surface area contributed by atoms with Crippen molar-refractivity contribution < 1.29 is 17.9 Å². The number of benzene rings is 2. The molecule has 2 aliphatic heterocycles. The summed E-state index contributed by atoms with van der Waals surface area (Å²) in [4.78, 5) is 2.55. The second-order valence-corrected chi connectivity index (χ2v) is 11.5. The van der Waals surface area contributed by atoms with Gasteiger partial charge in [-0.1, -0.05) is 11.6 Å². The lowest BCUT2D eigenvalue weighted by Gasteiger charge is -2.41. The number of sulfone groups is 1. The first-order valence-corrected chi connectivity index (χ1v) is 13.4. The molecule has 2 aromatic carbocycles. The van der Waals surface area contributed by atoms with Crippen LogP contribution in [-0.2, 0) is 22.8 Å². The van der Waals surface area contributed by atoms with Crippen LogP contribution in [0, 0.1) is 19.8 Å². The smallest absolute Gasteiger partial charge is 0.194 e. The Hall–Kier alpha value is -1.80. The Balaban J connectivity index is 1.75. The molecule has 0 radical (unpaired) electrons. The van der Waals surface area contributed by atoms with E-state index in [0.717, 1.165) is 43.5 Å². The fraction of sp³-hybridized carbons (Fsp3) is 0.520. The molecule has 1 atom stereocenters. The number of methoxy groups -OCH3 is 2. The first-order valence-electron chi connectivity index (χ1n) is 11.5. The van der Waals surface area contributed by atoms with E-state index in [1.165, 1.54) is 5.56 Å². The van der Waals surface area contributed by atoms with Gasteiger partial charge in [-0.05, 0) is 98.6 Å². The second-order valence-electron chi connectivity index (χ2n) is 9.09. The maximum absolute atomic E-state index is 14.2. The van der Waals surface area contributed by atoms with Gasteiger partial charge in [-0.3, -0.25) is 4.90 Å². The van der Waals surface area contributed by atoms with Crippen LogP contribution in [0.2, 0.25) is 5.02 Å². The first-order chi connectivity index (χ1) is 15.8. The first kappa shape index (κ1) is 24.3. The quantitative estimate of drug-likeness (QED) is 0.654. The Bertz CT molecular complexity index is 1130. The van der Waals surface area contributed by atoms with Crippen molar-refractivity contribution >= 4 is 21.4 Å². The minimum absolute atomic E-state index is 0.0633. The van der Waals surface area contributed by atoms with Crippen LogP contribution in [0.1, 0.15) is 35.1 Å². The number of halogens is 1. The monoisotopic (exact) mass is 492 g/mol. The van der Waals surface area contributed by atoms with Gasteiger partial charge in [0.1, 0.15) is 5.37 Å². The highest BCUT2D eigenvalue weighted by molar-refractivity contribution is 7.92. The molecule has 8 heteroatoms. The van der Waals surface area contributed by atoms with Gasteiger partial charge >= 0.3 is 0 Å². The molecule has 33 heavy (non-hydrogen) atoms. The van der Waals surface area contributed by atoms with Gasteiger partial charge < -0.3 is 14.8 Å². The van der Waals surface area contributed by atoms with Gasteiger partial charge in [-0.15, -0.1) is 0 Å². The fourth-order valence-corrected chi connectivity index (χ4v) is 7.87. The van der Waals surface area contributed by atoms with Gasteiger partial charge in [0.25, 0.3) is 0 Å². The van der Waals surface area contributed by atoms with E-state index in [-0.39, 0.29) is 5.92 Å². The lowest BCUT2D eigenvalue weighted by atomic mass is 9.94. The molecule has 1 saturated heterocycles. The number of fused-ring (bicyclic) bond motifs is 1. The van der Waals surface area contributed by atoms with Crippen molar-refractivity contribution in [3.05, 3.63) is 51.5 Å². The van der Waals surface area contributed by atoms with Crippen LogP contribution in [0.25, 0.3) is 0 Å². The highest BCUT2D eigenvalue weighted by Gasteiger charge is 2.41. The zero-order valence-corrected chi connectivity index (χ0v) is 21.4. The lowest BCUT2D eigenvalue weighted by Crippen LogP contribution is -2.50. The summed E-state index contributed by atoms with van der Waals surface area (Å²) in [6, 6.07) is 7.52. The van der Waals surface area contributed by atoms with Crippen LogP contribution in [0.15, 0.2) is 29.2 Å². The average molecular weight is 493 g/mol. The van der Waals surface area contributed by atoms with E-state index in [1.807, 2.05) is 26.0 Å². The third kappa shape index (κ3) is 4.74. The topological polar surface area (TPSA) is 67.9 Å². The number of hydrogen-bond donors (Lipinski definition) is 1. The van der Waals surface area contributed by atoms with Gasteiger partial charge in [0.05, 0.1) is 19.1 Å². The number of rotatable bonds is 6. The molecule has 0 aromatic heterocycles. The zero-order valence-electron chi connectivity index (χ0n) is 19.8. The predicted molar refractivity (Wildman–Crippen MR) is 131 cm³/mol. The van der Waals surface area contributed by atoms with E-state index in [1.54, 1.807) is 26.4 Å². The van der Waals surface area contributed by atoms with Crippen LogP contribution >= 0.6 is 11.6 Å². The van der Waals surface area contributed by atoms with Crippen molar-refractivity contribution in [2.45, 2.75) is 49.9 Å². The van der Waals surface area contributed by atoms with E-state index in [0.29, 0.717) is 40.1 Å². The highest BCUT2D eigenvalue weighted by Crippen LogP contribution is 2.38. The molecule has 1 unspecified atom stereocenters. The molecule has 2 aromatic rings. The minimum Gasteiger partial charge on any atom is -0.493 e. The predicted octanol–water partition coefficient (Wildman–Crippen LogP) is 4.13. The summed E-state index contributed by atoms with van der Waals surface area (Å²) in [5.41, 5.74) is 3.76. The van der Waals surface area contributed by atoms with Crippen molar-refractivity contribution in [2.24, 2.45) is 5.92 Å². The Kier molecular flexibility index (Phi) is 7.24. The molecular formula is C25H33ClN2O4S. The SMILES string of the molecule is COc1cc2c(cc1OC)CN(C(C1CCNCC1)S(=O)(=O)c1cc(C)c(Cl)cc1C)CC2. The van der Waals surface area contributed by atoms with Gasteiger partial charge in [-0.25, -0.2) is 8.42 Å². The van der Waals surface area contributed by atoms with Gasteiger partial charge in [-0.2, -0.15) is 0 Å². The summed E-state index contributed by atoms with van der Waals surface area (Å²) in [5.74, 6) is 1.44. The largest absolute Gasteiger partial charge is 0.493 e. The molecule has 1 fully saturated rings. The molecule has 1 N–H and O–H groups in total. The summed E-state index contributed by atoms with van der Waals surface area (Å²) < 4.78 is 39.4. The number of hydrogen-bond acceptors (Lipinski definition) is 6. The third-order valence-corrected chi connectivity index (χ3v) is 9.75. The molecule has 0 bridgehead atoms. The molecule has 2 heterocycles. The fourth-order valence-electron chi connectivity index (χ4n) is 5.19. The van der Waals surface area contributed by atoms with E-state index < -0.39 is 15.2 Å². The molecule has 4 rings (SSSR count). The number of piperidine rings is 1. The molecule has 0 spiro atoms. The van der Waals surface area contributed by atoms with Crippen LogP contribution in [0.3, 0.4) is 0 Å². The third-order valence-electron chi connectivity index (χ3n) is 6.98. The standard InChI is InChI=1S/C25H33ClN2O4S/c1-16-12-24(17(2)11-21(16)26)33(29,30)25(18-5-8-27-9-6-18)28-10-7-19-13-22(31-3)23(32-4)14-20(19)15-28/h11-14,18,25,27H,5-10,15H2,1-4H3. The van der Waals surface area contributed by atoms with Crippen LogP contribution in [-0.4, -0.2) is 52.5 Å². The van der Waals surface area contributed by atoms with Crippen LogP contribution in [0.5, 0.6) is 11.5 Å². The van der Waals surface area contributed by atoms with Crippen molar-refractivity contribution in [2.75, 3.05) is 33.9 Å². The number of ether oxygens (including phenoxy) is 2. The van der Waals surface area contributed by atoms with Crippen molar-refractivity contribution in [1.82, 2.24) is 10.2 Å². The van der Waals surface area contributed by atoms with Crippen molar-refractivity contribution in [3.63, 3.8) is 0 Å². The summed E-state index contributed by atoms with van der Waals surface area (Å²) >= 11 is 6.29. The number of aryl methyl sites for hydroxylation is 2. The van der Waals surface area contributed by atoms with Gasteiger partial charge in [0.15, 0.2) is 21.3 Å². The average Bonchev–Trinajstić information content (AvgIpc) is 2.81. The molecule has 6 nitrogen and oxygen atoms in total. The second kappa shape index (κ2) is 9.82. The van der Waals surface area contributed by atoms with E-state index in [2.05, 4.69) is 10.2 Å². The van der Waals surface area contributed by atoms with Crippen LogP contribution < -0.4 is 14.8 Å². The number of nitrogens with one attached hydrogen (secondary N) is 1. The van der Waals surface area contributed by atoms with Crippen LogP contribution in [0.4, 0.5) is 0 Å². The zero-order chi connectivity index (χ0) is 23.8. The van der Waals surface area contributed by atoms with Gasteiger partial charge in [0.2, 0.25) is 0 Å². The highest BCUT2D eigenvalue weighted by atomic mass is 35.5. The minimum atomic E-state index is -3.62. The molecule has 180 valence electrons. The molecule has 0 saturated carbocycles. The normalized spacial score (nSPS) is 18.6. The molecule has 0 amide bonds. The molecular weight excluding hydrogens is 460 g/mol. The molecule has 0 aliphatic carbocycles. The van der Waals surface area contributed by atoms with E-state index in [9.17, 15) is 8.42 Å². The summed E-state index contributed by atoms with van der Waals surface area (Å²) in [6.45, 7) is 6.62.